The third-order valence-corrected chi connectivity index (χ3v) is 5.00. The molecule has 122 valence electrons. The number of benzene rings is 1. The van der Waals surface area contributed by atoms with Crippen LogP contribution in [-0.2, 0) is 6.42 Å². The predicted molar refractivity (Wildman–Crippen MR) is 86.8 cm³/mol. The molecule has 7 heteroatoms. The Morgan fingerprint density at radius 3 is 2.91 bits per heavy atom. The highest BCUT2D eigenvalue weighted by atomic mass is 32.1. The molecule has 0 spiro atoms. The van der Waals surface area contributed by atoms with Crippen LogP contribution in [0.2, 0.25) is 0 Å². The molecule has 1 heterocycles. The van der Waals surface area contributed by atoms with Crippen molar-refractivity contribution in [2.45, 2.75) is 25.3 Å². The van der Waals surface area contributed by atoms with Crippen molar-refractivity contribution in [3.63, 3.8) is 0 Å². The van der Waals surface area contributed by atoms with Crippen molar-refractivity contribution < 1.29 is 14.3 Å². The fourth-order valence-corrected chi connectivity index (χ4v) is 3.85. The van der Waals surface area contributed by atoms with Gasteiger partial charge in [-0.15, -0.1) is 11.3 Å². The van der Waals surface area contributed by atoms with Gasteiger partial charge in [0.1, 0.15) is 10.8 Å². The molecule has 5 nitrogen and oxygen atoms in total. The van der Waals surface area contributed by atoms with Crippen molar-refractivity contribution in [1.29, 1.82) is 0 Å². The molecular formula is C16H18FN3O2S. The number of nitrogens with zero attached hydrogens (tertiary/aromatic N) is 1. The van der Waals surface area contributed by atoms with E-state index in [0.717, 1.165) is 40.4 Å². The first-order chi connectivity index (χ1) is 11.2. The largest absolute Gasteiger partial charge is 0.395 e. The summed E-state index contributed by atoms with van der Waals surface area (Å²) in [5.74, 6) is -0.268. The smallest absolute Gasteiger partial charge is 0.315 e. The predicted octanol–water partition coefficient (Wildman–Crippen LogP) is 2.62. The molecule has 1 atom stereocenters. The van der Waals surface area contributed by atoms with Crippen LogP contribution in [0.15, 0.2) is 24.3 Å². The van der Waals surface area contributed by atoms with Crippen LogP contribution in [-0.4, -0.2) is 29.3 Å². The Hall–Kier alpha value is -1.99. The van der Waals surface area contributed by atoms with E-state index in [1.54, 1.807) is 23.5 Å². The number of aliphatic hydroxyl groups is 1. The zero-order valence-corrected chi connectivity index (χ0v) is 13.3. The zero-order valence-electron chi connectivity index (χ0n) is 12.5. The molecule has 0 bridgehead atoms. The number of hydrogen-bond donors (Lipinski definition) is 3. The van der Waals surface area contributed by atoms with Crippen molar-refractivity contribution in [3.8, 4) is 10.6 Å². The minimum Gasteiger partial charge on any atom is -0.395 e. The number of hydrogen-bond acceptors (Lipinski definition) is 4. The second kappa shape index (κ2) is 7.06. The van der Waals surface area contributed by atoms with E-state index < -0.39 is 0 Å². The van der Waals surface area contributed by atoms with Crippen LogP contribution >= 0.6 is 11.3 Å². The molecule has 3 N–H and O–H groups in total. The molecule has 0 aliphatic heterocycles. The average molecular weight is 335 g/mol. The van der Waals surface area contributed by atoms with Crippen LogP contribution < -0.4 is 10.6 Å². The lowest BCUT2D eigenvalue weighted by Crippen LogP contribution is -2.39. The first kappa shape index (κ1) is 15.9. The summed E-state index contributed by atoms with van der Waals surface area (Å²) in [6.45, 7) is 0.146. The van der Waals surface area contributed by atoms with Gasteiger partial charge in [-0.2, -0.15) is 0 Å². The fourth-order valence-electron chi connectivity index (χ4n) is 2.65. The molecule has 1 aliphatic rings. The van der Waals surface area contributed by atoms with Gasteiger partial charge >= 0.3 is 6.03 Å². The van der Waals surface area contributed by atoms with E-state index in [9.17, 15) is 9.18 Å². The summed E-state index contributed by atoms with van der Waals surface area (Å²) in [5.41, 5.74) is 1.89. The van der Waals surface area contributed by atoms with Crippen molar-refractivity contribution in [3.05, 3.63) is 40.7 Å². The topological polar surface area (TPSA) is 74.2 Å². The summed E-state index contributed by atoms with van der Waals surface area (Å²) < 4.78 is 13.0. The number of urea groups is 1. The van der Waals surface area contributed by atoms with Crippen molar-refractivity contribution >= 4 is 17.4 Å². The lowest BCUT2D eigenvalue weighted by Gasteiger charge is -2.22. The maximum atomic E-state index is 13.0. The number of fused-ring (bicyclic) bond motifs is 1. The molecule has 0 unspecified atom stereocenters. The number of aromatic nitrogens is 1. The van der Waals surface area contributed by atoms with Crippen LogP contribution in [0.4, 0.5) is 9.18 Å². The van der Waals surface area contributed by atoms with Crippen LogP contribution in [0, 0.1) is 5.82 Å². The molecule has 0 radical (unpaired) electrons. The van der Waals surface area contributed by atoms with Gasteiger partial charge in [-0.05, 0) is 43.5 Å². The van der Waals surface area contributed by atoms with Crippen molar-refractivity contribution in [2.75, 3.05) is 13.2 Å². The minimum absolute atomic E-state index is 0.0656. The number of carbonyl (C=O) groups excluding carboxylic acids is 1. The highest BCUT2D eigenvalue weighted by Crippen LogP contribution is 2.37. The SMILES string of the molecule is O=C(NCCO)N[C@H]1CCCc2nc(-c3ccc(F)cc3)sc21. The van der Waals surface area contributed by atoms with Gasteiger partial charge in [-0.3, -0.25) is 0 Å². The molecule has 3 rings (SSSR count). The molecule has 2 amide bonds. The van der Waals surface area contributed by atoms with Crippen LogP contribution in [0.25, 0.3) is 10.6 Å². The summed E-state index contributed by atoms with van der Waals surface area (Å²) >= 11 is 1.54. The van der Waals surface area contributed by atoms with Crippen molar-refractivity contribution in [1.82, 2.24) is 15.6 Å². The number of nitrogens with one attached hydrogen (secondary N) is 2. The molecule has 0 saturated heterocycles. The Morgan fingerprint density at radius 1 is 1.39 bits per heavy atom. The summed E-state index contributed by atoms with van der Waals surface area (Å²) in [6, 6.07) is 5.94. The van der Waals surface area contributed by atoms with E-state index in [1.807, 2.05) is 0 Å². The summed E-state index contributed by atoms with van der Waals surface area (Å²) in [6.07, 6.45) is 2.72. The molecule has 0 fully saturated rings. The van der Waals surface area contributed by atoms with Gasteiger partial charge in [-0.25, -0.2) is 14.2 Å². The third-order valence-electron chi connectivity index (χ3n) is 3.74. The first-order valence-corrected chi connectivity index (χ1v) is 8.40. The van der Waals surface area contributed by atoms with E-state index in [-0.39, 0.29) is 31.0 Å². The maximum Gasteiger partial charge on any atom is 0.315 e. The number of aryl methyl sites for hydroxylation is 1. The molecule has 2 aromatic rings. The lowest BCUT2D eigenvalue weighted by atomic mass is 9.98. The van der Waals surface area contributed by atoms with E-state index in [2.05, 4.69) is 15.6 Å². The highest BCUT2D eigenvalue weighted by molar-refractivity contribution is 7.15. The van der Waals surface area contributed by atoms with Gasteiger partial charge in [0.05, 0.1) is 23.2 Å². The van der Waals surface area contributed by atoms with Gasteiger partial charge in [0.2, 0.25) is 0 Å². The fraction of sp³-hybridized carbons (Fsp3) is 0.375. The second-order valence-corrected chi connectivity index (χ2v) is 6.44. The van der Waals surface area contributed by atoms with E-state index in [0.29, 0.717) is 0 Å². The molecule has 1 aromatic heterocycles. The first-order valence-electron chi connectivity index (χ1n) is 7.58. The van der Waals surface area contributed by atoms with Gasteiger partial charge in [0.25, 0.3) is 0 Å². The Balaban J connectivity index is 1.79. The number of thiazole rings is 1. The third kappa shape index (κ3) is 3.68. The average Bonchev–Trinajstić information content (AvgIpc) is 2.99. The summed E-state index contributed by atoms with van der Waals surface area (Å²) in [4.78, 5) is 17.5. The summed E-state index contributed by atoms with van der Waals surface area (Å²) in [5, 5.41) is 15.1. The van der Waals surface area contributed by atoms with Crippen LogP contribution in [0.1, 0.15) is 29.5 Å². The second-order valence-electron chi connectivity index (χ2n) is 5.41. The maximum absolute atomic E-state index is 13.0. The van der Waals surface area contributed by atoms with E-state index in [1.165, 1.54) is 12.1 Å². The quantitative estimate of drug-likeness (QED) is 0.804. The summed E-state index contributed by atoms with van der Waals surface area (Å²) in [7, 11) is 0. The Morgan fingerprint density at radius 2 is 2.17 bits per heavy atom. The standard InChI is InChI=1S/C16H18FN3O2S/c17-11-6-4-10(5-7-11)15-19-12-2-1-3-13(14(12)23-15)20-16(22)18-8-9-21/h4-7,13,21H,1-3,8-9H2,(H2,18,20,22)/t13-/m0/s1. The minimum atomic E-state index is -0.284. The van der Waals surface area contributed by atoms with Gasteiger partial charge < -0.3 is 15.7 Å². The number of carbonyl (C=O) groups is 1. The van der Waals surface area contributed by atoms with Crippen LogP contribution in [0.5, 0.6) is 0 Å². The molecule has 23 heavy (non-hydrogen) atoms. The molecular weight excluding hydrogens is 317 g/mol. The Kier molecular flexibility index (Phi) is 4.88. The molecule has 1 aliphatic carbocycles. The molecule has 1 aromatic carbocycles. The Bertz CT molecular complexity index is 687. The van der Waals surface area contributed by atoms with Crippen LogP contribution in [0.3, 0.4) is 0 Å². The number of amides is 2. The van der Waals surface area contributed by atoms with E-state index in [4.69, 9.17) is 5.11 Å². The number of aliphatic hydroxyl groups excluding tert-OH is 1. The van der Waals surface area contributed by atoms with Gasteiger partial charge in [0, 0.05) is 12.1 Å². The van der Waals surface area contributed by atoms with Gasteiger partial charge in [-0.1, -0.05) is 0 Å². The van der Waals surface area contributed by atoms with Crippen molar-refractivity contribution in [2.24, 2.45) is 0 Å². The lowest BCUT2D eigenvalue weighted by molar-refractivity contribution is 0.229. The molecule has 0 saturated carbocycles. The monoisotopic (exact) mass is 335 g/mol. The number of halogens is 1. The normalized spacial score (nSPS) is 16.7. The van der Waals surface area contributed by atoms with E-state index >= 15 is 0 Å². The van der Waals surface area contributed by atoms with Gasteiger partial charge in [0.15, 0.2) is 0 Å². The number of rotatable bonds is 4. The Labute approximate surface area is 137 Å². The zero-order chi connectivity index (χ0) is 16.2. The highest BCUT2D eigenvalue weighted by Gasteiger charge is 2.26.